The first-order chi connectivity index (χ1) is 13.0. The first kappa shape index (κ1) is 17.5. The summed E-state index contributed by atoms with van der Waals surface area (Å²) < 4.78 is 5.42. The zero-order valence-electron chi connectivity index (χ0n) is 14.7. The number of carboxylic acid groups (broad SMARTS) is 1. The van der Waals surface area contributed by atoms with Crippen LogP contribution < -0.4 is 5.32 Å². The third-order valence-electron chi connectivity index (χ3n) is 5.58. The minimum atomic E-state index is -1.46. The van der Waals surface area contributed by atoms with Crippen molar-refractivity contribution in [3.8, 4) is 11.1 Å². The summed E-state index contributed by atoms with van der Waals surface area (Å²) in [5, 5.41) is 21.7. The van der Waals surface area contributed by atoms with Crippen LogP contribution in [0.25, 0.3) is 11.1 Å². The van der Waals surface area contributed by atoms with Crippen molar-refractivity contribution in [3.05, 3.63) is 59.7 Å². The van der Waals surface area contributed by atoms with Crippen molar-refractivity contribution in [3.63, 3.8) is 0 Å². The summed E-state index contributed by atoms with van der Waals surface area (Å²) in [4.78, 5) is 23.9. The molecule has 6 nitrogen and oxygen atoms in total. The van der Waals surface area contributed by atoms with Crippen molar-refractivity contribution in [2.45, 2.75) is 36.8 Å². The van der Waals surface area contributed by atoms with Crippen LogP contribution in [0.2, 0.25) is 0 Å². The van der Waals surface area contributed by atoms with Crippen LogP contribution in [-0.2, 0) is 9.53 Å². The van der Waals surface area contributed by atoms with Gasteiger partial charge in [0.05, 0.1) is 6.10 Å². The summed E-state index contributed by atoms with van der Waals surface area (Å²) in [6.45, 7) is 0.123. The molecule has 0 aromatic heterocycles. The summed E-state index contributed by atoms with van der Waals surface area (Å²) >= 11 is 0. The number of amides is 1. The van der Waals surface area contributed by atoms with E-state index in [0.29, 0.717) is 6.42 Å². The van der Waals surface area contributed by atoms with E-state index in [-0.39, 0.29) is 25.4 Å². The Morgan fingerprint density at radius 2 is 1.67 bits per heavy atom. The molecule has 1 fully saturated rings. The molecule has 2 aromatic rings. The zero-order chi connectivity index (χ0) is 19.0. The van der Waals surface area contributed by atoms with E-state index in [2.05, 4.69) is 5.32 Å². The first-order valence-corrected chi connectivity index (χ1v) is 9.05. The largest absolute Gasteiger partial charge is 0.480 e. The maximum atomic E-state index is 12.3. The second kappa shape index (κ2) is 6.70. The van der Waals surface area contributed by atoms with Crippen LogP contribution in [0.3, 0.4) is 0 Å². The van der Waals surface area contributed by atoms with Crippen molar-refractivity contribution in [2.75, 3.05) is 6.61 Å². The Bertz CT molecular complexity index is 850. The van der Waals surface area contributed by atoms with E-state index >= 15 is 0 Å². The molecule has 2 atom stereocenters. The Hall–Kier alpha value is -2.86. The number of aliphatic hydroxyl groups excluding tert-OH is 1. The van der Waals surface area contributed by atoms with Gasteiger partial charge in [-0.25, -0.2) is 9.59 Å². The van der Waals surface area contributed by atoms with Gasteiger partial charge in [-0.2, -0.15) is 0 Å². The average Bonchev–Trinajstić information content (AvgIpc) is 3.19. The van der Waals surface area contributed by atoms with Gasteiger partial charge in [0.1, 0.15) is 12.1 Å². The lowest BCUT2D eigenvalue weighted by Crippen LogP contribution is -2.53. The van der Waals surface area contributed by atoms with Gasteiger partial charge < -0.3 is 20.3 Å². The van der Waals surface area contributed by atoms with Gasteiger partial charge >= 0.3 is 12.1 Å². The van der Waals surface area contributed by atoms with Gasteiger partial charge in [-0.3, -0.25) is 0 Å². The van der Waals surface area contributed by atoms with E-state index in [1.807, 2.05) is 48.5 Å². The monoisotopic (exact) mass is 367 g/mol. The van der Waals surface area contributed by atoms with E-state index in [9.17, 15) is 19.8 Å². The van der Waals surface area contributed by atoms with Crippen LogP contribution in [0.1, 0.15) is 36.3 Å². The lowest BCUT2D eigenvalue weighted by molar-refractivity contribution is -0.144. The van der Waals surface area contributed by atoms with Crippen molar-refractivity contribution in [1.82, 2.24) is 5.32 Å². The fourth-order valence-electron chi connectivity index (χ4n) is 4.21. The van der Waals surface area contributed by atoms with E-state index in [1.54, 1.807) is 0 Å². The fourth-order valence-corrected chi connectivity index (χ4v) is 4.21. The predicted molar refractivity (Wildman–Crippen MR) is 98.4 cm³/mol. The number of benzene rings is 2. The first-order valence-electron chi connectivity index (χ1n) is 9.05. The van der Waals surface area contributed by atoms with Gasteiger partial charge in [-0.05, 0) is 35.1 Å². The molecule has 27 heavy (non-hydrogen) atoms. The van der Waals surface area contributed by atoms with Gasteiger partial charge in [0.2, 0.25) is 0 Å². The maximum absolute atomic E-state index is 12.3. The third-order valence-corrected chi connectivity index (χ3v) is 5.58. The summed E-state index contributed by atoms with van der Waals surface area (Å²) in [5.41, 5.74) is 2.99. The molecule has 1 amide bonds. The molecule has 0 bridgehead atoms. The van der Waals surface area contributed by atoms with Gasteiger partial charge in [0.15, 0.2) is 0 Å². The Morgan fingerprint density at radius 3 is 2.19 bits per heavy atom. The Balaban J connectivity index is 1.49. The number of hydrogen-bond acceptors (Lipinski definition) is 4. The molecular formula is C21H21NO5. The van der Waals surface area contributed by atoms with Crippen LogP contribution >= 0.6 is 0 Å². The maximum Gasteiger partial charge on any atom is 0.408 e. The van der Waals surface area contributed by atoms with E-state index in [1.165, 1.54) is 0 Å². The van der Waals surface area contributed by atoms with E-state index in [0.717, 1.165) is 22.3 Å². The highest BCUT2D eigenvalue weighted by Gasteiger charge is 2.47. The second-order valence-electron chi connectivity index (χ2n) is 7.23. The van der Waals surface area contributed by atoms with E-state index in [4.69, 9.17) is 4.74 Å². The van der Waals surface area contributed by atoms with Crippen LogP contribution in [0.4, 0.5) is 4.79 Å². The quantitative estimate of drug-likeness (QED) is 0.772. The van der Waals surface area contributed by atoms with Crippen LogP contribution in [-0.4, -0.2) is 40.5 Å². The van der Waals surface area contributed by atoms with Crippen LogP contribution in [0.5, 0.6) is 0 Å². The number of rotatable bonds is 4. The molecule has 2 aliphatic carbocycles. The Labute approximate surface area is 156 Å². The number of alkyl carbamates (subject to hydrolysis) is 1. The second-order valence-corrected chi connectivity index (χ2v) is 7.23. The molecular weight excluding hydrogens is 346 g/mol. The van der Waals surface area contributed by atoms with Crippen molar-refractivity contribution < 1.29 is 24.5 Å². The highest BCUT2D eigenvalue weighted by atomic mass is 16.5. The summed E-state index contributed by atoms with van der Waals surface area (Å²) in [7, 11) is 0. The standard InChI is InChI=1S/C21H21NO5/c23-13-9-10-21(11-13,19(24)25)22-20(26)27-12-18-16-7-3-1-5-14(16)15-6-2-4-8-17(15)18/h1-8,13,18,23H,9-12H2,(H,22,26)(H,24,25). The number of aliphatic carboxylic acids is 1. The summed E-state index contributed by atoms with van der Waals surface area (Å²) in [6.07, 6.45) is -0.973. The van der Waals surface area contributed by atoms with Crippen LogP contribution in [0, 0.1) is 0 Å². The lowest BCUT2D eigenvalue weighted by atomic mass is 9.97. The van der Waals surface area contributed by atoms with Gasteiger partial charge in [-0.15, -0.1) is 0 Å². The molecule has 6 heteroatoms. The SMILES string of the molecule is O=C(NC1(C(=O)O)CCC(O)C1)OCC1c2ccccc2-c2ccccc21. The number of carboxylic acids is 1. The lowest BCUT2D eigenvalue weighted by Gasteiger charge is -2.25. The molecule has 4 rings (SSSR count). The number of ether oxygens (including phenoxy) is 1. The molecule has 2 aromatic carbocycles. The normalized spacial score (nSPS) is 23.5. The van der Waals surface area contributed by atoms with E-state index < -0.39 is 23.7 Å². The topological polar surface area (TPSA) is 95.9 Å². The molecule has 3 N–H and O–H groups in total. The van der Waals surface area contributed by atoms with Crippen molar-refractivity contribution in [1.29, 1.82) is 0 Å². The number of carbonyl (C=O) groups is 2. The molecule has 0 spiro atoms. The number of carbonyl (C=O) groups excluding carboxylic acids is 1. The molecule has 0 radical (unpaired) electrons. The van der Waals surface area contributed by atoms with Crippen molar-refractivity contribution >= 4 is 12.1 Å². The minimum absolute atomic E-state index is 0.00741. The molecule has 0 aliphatic heterocycles. The molecule has 2 aliphatic rings. The highest BCUT2D eigenvalue weighted by Crippen LogP contribution is 2.44. The molecule has 140 valence electrons. The zero-order valence-corrected chi connectivity index (χ0v) is 14.7. The summed E-state index contributed by atoms with van der Waals surface area (Å²) in [6, 6.07) is 16.0. The Kier molecular flexibility index (Phi) is 4.36. The molecule has 2 unspecified atom stereocenters. The number of aliphatic hydroxyl groups is 1. The van der Waals surface area contributed by atoms with Gasteiger partial charge in [0.25, 0.3) is 0 Å². The summed E-state index contributed by atoms with van der Waals surface area (Å²) in [5.74, 6) is -1.23. The minimum Gasteiger partial charge on any atom is -0.480 e. The number of hydrogen-bond donors (Lipinski definition) is 3. The average molecular weight is 367 g/mol. The van der Waals surface area contributed by atoms with Gasteiger partial charge in [0, 0.05) is 12.3 Å². The number of nitrogens with one attached hydrogen (secondary N) is 1. The Morgan fingerprint density at radius 1 is 1.07 bits per heavy atom. The third kappa shape index (κ3) is 3.06. The smallest absolute Gasteiger partial charge is 0.408 e. The molecule has 1 saturated carbocycles. The predicted octanol–water partition coefficient (Wildman–Crippen LogP) is 2.89. The molecule has 0 heterocycles. The number of fused-ring (bicyclic) bond motifs is 3. The molecule has 0 saturated heterocycles. The fraction of sp³-hybridized carbons (Fsp3) is 0.333. The van der Waals surface area contributed by atoms with Crippen molar-refractivity contribution in [2.24, 2.45) is 0 Å². The van der Waals surface area contributed by atoms with Gasteiger partial charge in [-0.1, -0.05) is 48.5 Å². The highest BCUT2D eigenvalue weighted by molar-refractivity contribution is 5.85. The van der Waals surface area contributed by atoms with Crippen LogP contribution in [0.15, 0.2) is 48.5 Å².